The van der Waals surface area contributed by atoms with Gasteiger partial charge in [0.1, 0.15) is 6.11 Å². The summed E-state index contributed by atoms with van der Waals surface area (Å²) in [4.78, 5) is 11.1. The zero-order valence-corrected chi connectivity index (χ0v) is 11.3. The van der Waals surface area contributed by atoms with Crippen LogP contribution in [0.15, 0.2) is 30.3 Å². The van der Waals surface area contributed by atoms with Gasteiger partial charge in [-0.25, -0.2) is 0 Å². The molecule has 0 heterocycles. The van der Waals surface area contributed by atoms with E-state index in [0.29, 0.717) is 6.61 Å². The van der Waals surface area contributed by atoms with Crippen LogP contribution < -0.4 is 0 Å². The molecule has 1 aromatic carbocycles. The van der Waals surface area contributed by atoms with Crippen LogP contribution in [-0.2, 0) is 14.3 Å². The fourth-order valence-electron chi connectivity index (χ4n) is 1.29. The van der Waals surface area contributed by atoms with Gasteiger partial charge in [0.05, 0.1) is 6.61 Å². The highest BCUT2D eigenvalue weighted by molar-refractivity contribution is 5.67. The van der Waals surface area contributed by atoms with Crippen LogP contribution in [0.5, 0.6) is 0 Å². The normalized spacial score (nSPS) is 11.9. The van der Waals surface area contributed by atoms with Gasteiger partial charge in [0.25, 0.3) is 0 Å². The van der Waals surface area contributed by atoms with Crippen LogP contribution in [0.2, 0.25) is 0 Å². The Labute approximate surface area is 113 Å². The van der Waals surface area contributed by atoms with Gasteiger partial charge in [-0.3, -0.25) is 4.79 Å². The quantitative estimate of drug-likeness (QED) is 0.602. The number of carbonyl (C=O) groups excluding carboxylic acids is 1. The average molecular weight is 256 g/mol. The van der Waals surface area contributed by atoms with Gasteiger partial charge in [0, 0.05) is 18.4 Å². The van der Waals surface area contributed by atoms with E-state index in [1.54, 1.807) is 6.92 Å². The Balaban J connectivity index is 2.96. The first-order valence-electron chi connectivity index (χ1n) is 5.97. The molecular formula is C16H16O3. The minimum atomic E-state index is -1.17. The number of hydrogen-bond acceptors (Lipinski definition) is 3. The van der Waals surface area contributed by atoms with Crippen LogP contribution in [-0.4, -0.2) is 18.2 Å². The van der Waals surface area contributed by atoms with Gasteiger partial charge in [-0.1, -0.05) is 24.1 Å². The topological polar surface area (TPSA) is 35.5 Å². The predicted octanol–water partition coefficient (Wildman–Crippen LogP) is 2.36. The van der Waals surface area contributed by atoms with E-state index in [1.165, 1.54) is 6.92 Å². The molecule has 0 aliphatic heterocycles. The highest BCUT2D eigenvalue weighted by Gasteiger charge is 2.22. The third-order valence-electron chi connectivity index (χ3n) is 2.07. The molecule has 0 amide bonds. The molecular weight excluding hydrogens is 240 g/mol. The molecule has 0 aliphatic rings. The summed E-state index contributed by atoms with van der Waals surface area (Å²) in [6, 6.07) is 9.43. The summed E-state index contributed by atoms with van der Waals surface area (Å²) >= 11 is 0. The standard InChI is InChI=1S/C16H16O3/c1-4-18-13-12-16(3,19-14(2)17)11-10-15-8-6-5-7-9-15/h5-9H,4H2,1-3H3. The van der Waals surface area contributed by atoms with E-state index in [0.717, 1.165) is 5.56 Å². The van der Waals surface area contributed by atoms with Gasteiger partial charge in [0.15, 0.2) is 0 Å². The first-order chi connectivity index (χ1) is 9.06. The van der Waals surface area contributed by atoms with Crippen molar-refractivity contribution in [3.05, 3.63) is 35.9 Å². The van der Waals surface area contributed by atoms with Crippen molar-refractivity contribution in [2.75, 3.05) is 6.61 Å². The summed E-state index contributed by atoms with van der Waals surface area (Å²) in [5, 5.41) is 0. The van der Waals surface area contributed by atoms with Crippen LogP contribution in [0, 0.1) is 23.9 Å². The molecule has 1 rings (SSSR count). The van der Waals surface area contributed by atoms with Gasteiger partial charge in [-0.2, -0.15) is 0 Å². The van der Waals surface area contributed by atoms with Crippen molar-refractivity contribution >= 4 is 5.97 Å². The second-order valence-corrected chi connectivity index (χ2v) is 3.90. The number of esters is 1. The fourth-order valence-corrected chi connectivity index (χ4v) is 1.29. The molecule has 1 aromatic rings. The fraction of sp³-hybridized carbons (Fsp3) is 0.312. The lowest BCUT2D eigenvalue weighted by Gasteiger charge is -2.15. The number of rotatable bonds is 2. The zero-order chi connectivity index (χ0) is 14.1. The van der Waals surface area contributed by atoms with Crippen molar-refractivity contribution in [1.82, 2.24) is 0 Å². The van der Waals surface area contributed by atoms with Crippen molar-refractivity contribution in [3.63, 3.8) is 0 Å². The molecule has 0 fully saturated rings. The molecule has 1 atom stereocenters. The van der Waals surface area contributed by atoms with Gasteiger partial charge >= 0.3 is 5.97 Å². The maximum Gasteiger partial charge on any atom is 0.304 e. The van der Waals surface area contributed by atoms with E-state index in [2.05, 4.69) is 23.9 Å². The monoisotopic (exact) mass is 256 g/mol. The highest BCUT2D eigenvalue weighted by Crippen LogP contribution is 2.09. The minimum absolute atomic E-state index is 0.435. The van der Waals surface area contributed by atoms with Crippen LogP contribution >= 0.6 is 0 Å². The van der Waals surface area contributed by atoms with Crippen LogP contribution in [0.3, 0.4) is 0 Å². The maximum absolute atomic E-state index is 11.1. The lowest BCUT2D eigenvalue weighted by Crippen LogP contribution is -2.27. The Morgan fingerprint density at radius 1 is 1.26 bits per heavy atom. The third-order valence-corrected chi connectivity index (χ3v) is 2.07. The largest absolute Gasteiger partial charge is 0.447 e. The van der Waals surface area contributed by atoms with Gasteiger partial charge in [0.2, 0.25) is 5.60 Å². The van der Waals surface area contributed by atoms with E-state index in [-0.39, 0.29) is 0 Å². The summed E-state index contributed by atoms with van der Waals surface area (Å²) < 4.78 is 10.1. The lowest BCUT2D eigenvalue weighted by molar-refractivity contribution is -0.146. The number of benzene rings is 1. The molecule has 0 radical (unpaired) electrons. The summed E-state index contributed by atoms with van der Waals surface area (Å²) in [6.45, 7) is 5.25. The van der Waals surface area contributed by atoms with E-state index in [9.17, 15) is 4.79 Å². The summed E-state index contributed by atoms with van der Waals surface area (Å²) in [6.07, 6.45) is 2.49. The molecule has 3 heteroatoms. The minimum Gasteiger partial charge on any atom is -0.447 e. The maximum atomic E-state index is 11.1. The van der Waals surface area contributed by atoms with Crippen molar-refractivity contribution in [2.24, 2.45) is 0 Å². The Morgan fingerprint density at radius 2 is 1.95 bits per heavy atom. The first-order valence-corrected chi connectivity index (χ1v) is 5.97. The Bertz CT molecular complexity index is 540. The molecule has 19 heavy (non-hydrogen) atoms. The second-order valence-electron chi connectivity index (χ2n) is 3.90. The summed E-state index contributed by atoms with van der Waals surface area (Å²) in [5.41, 5.74) is -0.337. The molecule has 0 N–H and O–H groups in total. The van der Waals surface area contributed by atoms with Crippen molar-refractivity contribution < 1.29 is 14.3 Å². The number of carbonyl (C=O) groups is 1. The van der Waals surface area contributed by atoms with E-state index < -0.39 is 11.6 Å². The average Bonchev–Trinajstić information content (AvgIpc) is 2.37. The second kappa shape index (κ2) is 7.13. The first kappa shape index (κ1) is 14.7. The van der Waals surface area contributed by atoms with Crippen molar-refractivity contribution in [2.45, 2.75) is 26.4 Å². The summed E-state index contributed by atoms with van der Waals surface area (Å²) in [7, 11) is 0. The molecule has 1 unspecified atom stereocenters. The lowest BCUT2D eigenvalue weighted by atomic mass is 10.1. The van der Waals surface area contributed by atoms with Gasteiger partial charge in [-0.05, 0) is 31.9 Å². The smallest absolute Gasteiger partial charge is 0.304 e. The molecule has 0 aromatic heterocycles. The van der Waals surface area contributed by atoms with E-state index in [1.807, 2.05) is 37.3 Å². The van der Waals surface area contributed by atoms with Gasteiger partial charge in [-0.15, -0.1) is 0 Å². The third kappa shape index (κ3) is 5.66. The van der Waals surface area contributed by atoms with Gasteiger partial charge < -0.3 is 9.47 Å². The molecule has 0 saturated carbocycles. The zero-order valence-electron chi connectivity index (χ0n) is 11.3. The van der Waals surface area contributed by atoms with Crippen molar-refractivity contribution in [1.29, 1.82) is 0 Å². The molecule has 0 aliphatic carbocycles. The Kier molecular flexibility index (Phi) is 5.51. The molecule has 0 saturated heterocycles. The molecule has 3 nitrogen and oxygen atoms in total. The number of hydrogen-bond donors (Lipinski definition) is 0. The number of ether oxygens (including phenoxy) is 2. The van der Waals surface area contributed by atoms with Crippen LogP contribution in [0.1, 0.15) is 26.3 Å². The molecule has 0 bridgehead atoms. The Hall–Kier alpha value is -2.39. The SMILES string of the molecule is CCOC#CC(C)(C#Cc1ccccc1)OC(C)=O. The van der Waals surface area contributed by atoms with E-state index >= 15 is 0 Å². The van der Waals surface area contributed by atoms with E-state index in [4.69, 9.17) is 9.47 Å². The van der Waals surface area contributed by atoms with Crippen molar-refractivity contribution in [3.8, 4) is 23.9 Å². The van der Waals surface area contributed by atoms with Crippen LogP contribution in [0.25, 0.3) is 0 Å². The predicted molar refractivity (Wildman–Crippen MR) is 72.9 cm³/mol. The Morgan fingerprint density at radius 3 is 2.53 bits per heavy atom. The highest BCUT2D eigenvalue weighted by atomic mass is 16.6. The summed E-state index contributed by atoms with van der Waals surface area (Å²) in [5.74, 6) is 8.06. The van der Waals surface area contributed by atoms with Crippen LogP contribution in [0.4, 0.5) is 0 Å². The molecule has 98 valence electrons. The molecule has 0 spiro atoms.